The Balaban J connectivity index is 2.84. The van der Waals surface area contributed by atoms with Crippen LogP contribution in [0.1, 0.15) is 31.7 Å². The third kappa shape index (κ3) is 7.30. The highest BCUT2D eigenvalue weighted by Gasteiger charge is 2.26. The van der Waals surface area contributed by atoms with Crippen molar-refractivity contribution in [1.29, 1.82) is 5.26 Å². The second kappa shape index (κ2) is 10.8. The van der Waals surface area contributed by atoms with Gasteiger partial charge in [0, 0.05) is 19.8 Å². The monoisotopic (exact) mass is 363 g/mol. The van der Waals surface area contributed by atoms with Gasteiger partial charge >= 0.3 is 5.97 Å². The van der Waals surface area contributed by atoms with E-state index in [1.54, 1.807) is 0 Å². The van der Waals surface area contributed by atoms with E-state index in [9.17, 15) is 18.8 Å². The van der Waals surface area contributed by atoms with Gasteiger partial charge in [-0.3, -0.25) is 9.59 Å². The number of hydrogen-bond acceptors (Lipinski definition) is 5. The van der Waals surface area contributed by atoms with Crippen molar-refractivity contribution in [2.45, 2.75) is 44.7 Å². The number of nitrogens with zero attached hydrogens (tertiary/aromatic N) is 1. The SMILES string of the molecule is COC(=O)[C@H](CCCC#N)NC(=O)[C@@H](Cc1ccc(F)cc1)NC(C)=O. The molecule has 0 aliphatic heterocycles. The largest absolute Gasteiger partial charge is 0.467 e. The van der Waals surface area contributed by atoms with Gasteiger partial charge in [0.05, 0.1) is 13.2 Å². The number of ether oxygens (including phenoxy) is 1. The number of rotatable bonds is 9. The lowest BCUT2D eigenvalue weighted by molar-refractivity contribution is -0.145. The highest BCUT2D eigenvalue weighted by Crippen LogP contribution is 2.08. The van der Waals surface area contributed by atoms with Crippen molar-refractivity contribution in [1.82, 2.24) is 10.6 Å². The topological polar surface area (TPSA) is 108 Å². The molecule has 7 nitrogen and oxygen atoms in total. The molecule has 0 radical (unpaired) electrons. The molecule has 26 heavy (non-hydrogen) atoms. The number of halogens is 1. The molecule has 0 bridgehead atoms. The van der Waals surface area contributed by atoms with Crippen LogP contribution < -0.4 is 10.6 Å². The van der Waals surface area contributed by atoms with Crippen molar-refractivity contribution < 1.29 is 23.5 Å². The summed E-state index contributed by atoms with van der Waals surface area (Å²) in [6.45, 7) is 1.27. The molecule has 1 aromatic carbocycles. The Kier molecular flexibility index (Phi) is 8.78. The minimum absolute atomic E-state index is 0.137. The van der Waals surface area contributed by atoms with Crippen molar-refractivity contribution in [2.75, 3.05) is 7.11 Å². The van der Waals surface area contributed by atoms with E-state index in [1.807, 2.05) is 6.07 Å². The standard InChI is InChI=1S/C18H22FN3O4/c1-12(23)21-16(11-13-6-8-14(19)9-7-13)17(24)22-15(18(25)26-2)5-3-4-10-20/h6-9,15-16H,3-5,11H2,1-2H3,(H,21,23)(H,22,24)/t15-,16+/m0/s1. The maximum Gasteiger partial charge on any atom is 0.328 e. The van der Waals surface area contributed by atoms with Crippen LogP contribution in [0.5, 0.6) is 0 Å². The Morgan fingerprint density at radius 2 is 1.85 bits per heavy atom. The van der Waals surface area contributed by atoms with E-state index in [2.05, 4.69) is 15.4 Å². The molecule has 1 rings (SSSR count). The van der Waals surface area contributed by atoms with Gasteiger partial charge in [-0.15, -0.1) is 0 Å². The van der Waals surface area contributed by atoms with Gasteiger partial charge in [0.15, 0.2) is 0 Å². The lowest BCUT2D eigenvalue weighted by Gasteiger charge is -2.22. The van der Waals surface area contributed by atoms with E-state index in [1.165, 1.54) is 38.3 Å². The molecule has 2 atom stereocenters. The maximum atomic E-state index is 13.0. The molecule has 8 heteroatoms. The Morgan fingerprint density at radius 1 is 1.19 bits per heavy atom. The quantitative estimate of drug-likeness (QED) is 0.507. The van der Waals surface area contributed by atoms with Crippen LogP contribution in [-0.4, -0.2) is 37.0 Å². The molecule has 2 N–H and O–H groups in total. The number of amides is 2. The maximum absolute atomic E-state index is 13.0. The third-order valence-corrected chi connectivity index (χ3v) is 3.63. The highest BCUT2D eigenvalue weighted by atomic mass is 19.1. The summed E-state index contributed by atoms with van der Waals surface area (Å²) >= 11 is 0. The molecule has 1 aromatic rings. The fourth-order valence-electron chi connectivity index (χ4n) is 2.36. The van der Waals surface area contributed by atoms with E-state index in [-0.39, 0.29) is 19.3 Å². The van der Waals surface area contributed by atoms with Gasteiger partial charge in [-0.05, 0) is 30.5 Å². The summed E-state index contributed by atoms with van der Waals surface area (Å²) in [6.07, 6.45) is 1.04. The van der Waals surface area contributed by atoms with Gasteiger partial charge < -0.3 is 15.4 Å². The molecule has 0 fully saturated rings. The summed E-state index contributed by atoms with van der Waals surface area (Å²) in [5, 5.41) is 13.7. The Morgan fingerprint density at radius 3 is 2.38 bits per heavy atom. The van der Waals surface area contributed by atoms with E-state index >= 15 is 0 Å². The van der Waals surface area contributed by atoms with Gasteiger partial charge in [0.25, 0.3) is 0 Å². The summed E-state index contributed by atoms with van der Waals surface area (Å²) in [5.74, 6) is -2.00. The van der Waals surface area contributed by atoms with Gasteiger partial charge in [-0.1, -0.05) is 12.1 Å². The lowest BCUT2D eigenvalue weighted by Crippen LogP contribution is -2.52. The predicted octanol–water partition coefficient (Wildman–Crippen LogP) is 1.22. The number of unbranched alkanes of at least 4 members (excludes halogenated alkanes) is 1. The average molecular weight is 363 g/mol. The number of nitriles is 1. The van der Waals surface area contributed by atoms with E-state index in [0.29, 0.717) is 12.0 Å². The number of carbonyl (C=O) groups excluding carboxylic acids is 3. The normalized spacial score (nSPS) is 12.4. The first-order valence-corrected chi connectivity index (χ1v) is 8.14. The second-order valence-electron chi connectivity index (χ2n) is 5.72. The van der Waals surface area contributed by atoms with Crippen LogP contribution in [0.15, 0.2) is 24.3 Å². The van der Waals surface area contributed by atoms with Gasteiger partial charge in [-0.25, -0.2) is 9.18 Å². The van der Waals surface area contributed by atoms with Crippen molar-refractivity contribution in [3.05, 3.63) is 35.6 Å². The average Bonchev–Trinajstić information content (AvgIpc) is 2.61. The first kappa shape index (κ1) is 21.1. The van der Waals surface area contributed by atoms with Crippen LogP contribution in [0, 0.1) is 17.1 Å². The third-order valence-electron chi connectivity index (χ3n) is 3.63. The first-order chi connectivity index (χ1) is 12.4. The second-order valence-corrected chi connectivity index (χ2v) is 5.72. The molecule has 0 heterocycles. The van der Waals surface area contributed by atoms with E-state index in [0.717, 1.165) is 0 Å². The minimum atomic E-state index is -0.930. The first-order valence-electron chi connectivity index (χ1n) is 8.14. The Labute approximate surface area is 151 Å². The molecule has 0 aliphatic rings. The number of carbonyl (C=O) groups is 3. The summed E-state index contributed by atoms with van der Waals surface area (Å²) < 4.78 is 17.7. The Bertz CT molecular complexity index is 670. The van der Waals surface area contributed by atoms with Crippen molar-refractivity contribution in [2.24, 2.45) is 0 Å². The molecule has 0 saturated heterocycles. The highest BCUT2D eigenvalue weighted by molar-refractivity contribution is 5.90. The molecule has 2 amide bonds. The van der Waals surface area contributed by atoms with Crippen LogP contribution in [0.25, 0.3) is 0 Å². The fraction of sp³-hybridized carbons (Fsp3) is 0.444. The number of benzene rings is 1. The number of nitrogens with one attached hydrogen (secondary N) is 2. The summed E-state index contributed by atoms with van der Waals surface area (Å²) in [4.78, 5) is 35.8. The Hall–Kier alpha value is -2.95. The van der Waals surface area contributed by atoms with Gasteiger partial charge in [0.1, 0.15) is 17.9 Å². The lowest BCUT2D eigenvalue weighted by atomic mass is 10.0. The number of methoxy groups -OCH3 is 1. The molecule has 0 saturated carbocycles. The number of esters is 1. The summed E-state index contributed by atoms with van der Waals surface area (Å²) in [7, 11) is 1.20. The minimum Gasteiger partial charge on any atom is -0.467 e. The van der Waals surface area contributed by atoms with Crippen LogP contribution >= 0.6 is 0 Å². The molecule has 0 aliphatic carbocycles. The van der Waals surface area contributed by atoms with Crippen LogP contribution in [0.3, 0.4) is 0 Å². The predicted molar refractivity (Wildman–Crippen MR) is 91.1 cm³/mol. The van der Waals surface area contributed by atoms with Crippen LogP contribution in [0.4, 0.5) is 4.39 Å². The smallest absolute Gasteiger partial charge is 0.328 e. The van der Waals surface area contributed by atoms with Crippen molar-refractivity contribution in [3.8, 4) is 6.07 Å². The molecule has 0 aromatic heterocycles. The zero-order chi connectivity index (χ0) is 19.5. The van der Waals surface area contributed by atoms with Gasteiger partial charge in [-0.2, -0.15) is 5.26 Å². The molecule has 0 unspecified atom stereocenters. The van der Waals surface area contributed by atoms with Gasteiger partial charge in [0.2, 0.25) is 11.8 Å². The zero-order valence-corrected chi connectivity index (χ0v) is 14.8. The zero-order valence-electron chi connectivity index (χ0n) is 14.8. The van der Waals surface area contributed by atoms with Crippen molar-refractivity contribution in [3.63, 3.8) is 0 Å². The van der Waals surface area contributed by atoms with Crippen LogP contribution in [-0.2, 0) is 25.5 Å². The molecule has 140 valence electrons. The fourth-order valence-corrected chi connectivity index (χ4v) is 2.36. The van der Waals surface area contributed by atoms with E-state index < -0.39 is 35.7 Å². The molecule has 0 spiro atoms. The van der Waals surface area contributed by atoms with E-state index in [4.69, 9.17) is 5.26 Å². The van der Waals surface area contributed by atoms with Crippen LogP contribution in [0.2, 0.25) is 0 Å². The molecular formula is C18H22FN3O4. The number of hydrogen-bond donors (Lipinski definition) is 2. The summed E-state index contributed by atoms with van der Waals surface area (Å²) in [6, 6.07) is 5.68. The summed E-state index contributed by atoms with van der Waals surface area (Å²) in [5.41, 5.74) is 0.652. The van der Waals surface area contributed by atoms with Crippen molar-refractivity contribution >= 4 is 17.8 Å². The molecular weight excluding hydrogens is 341 g/mol.